The number of hydrogen-bond donors (Lipinski definition) is 2. The largest absolute Gasteiger partial charge is 0.488 e. The predicted octanol–water partition coefficient (Wildman–Crippen LogP) is 2.91. The molecule has 2 N–H and O–H groups in total. The van der Waals surface area contributed by atoms with Crippen molar-refractivity contribution in [2.75, 3.05) is 25.5 Å². The van der Waals surface area contributed by atoms with Crippen molar-refractivity contribution in [3.63, 3.8) is 0 Å². The number of carbonyl (C=O) groups excluding carboxylic acids is 1. The number of anilines is 1. The van der Waals surface area contributed by atoms with Crippen molar-refractivity contribution in [1.82, 2.24) is 0 Å². The molecule has 0 fully saturated rings. The van der Waals surface area contributed by atoms with Gasteiger partial charge in [-0.2, -0.15) is 0 Å². The Morgan fingerprint density at radius 2 is 1.92 bits per heavy atom. The van der Waals surface area contributed by atoms with Gasteiger partial charge in [-0.1, -0.05) is 41.4 Å². The molecule has 0 spiro atoms. The highest BCUT2D eigenvalue weighted by molar-refractivity contribution is 6.36. The first-order valence-corrected chi connectivity index (χ1v) is 8.49. The standard InChI is InChI=1S/C18H20Cl2N2O2/c1-13(18(23)21-17-9-8-14(19)12-16(17)20)22(2)10-11-24-15-6-4-3-5-7-15/h3-9,12-13H,10-11H2,1-2H3,(H,21,23)/p+1/t13-/m0/s1. The van der Waals surface area contributed by atoms with Gasteiger partial charge in [-0.15, -0.1) is 0 Å². The molecule has 6 heteroatoms. The van der Waals surface area contributed by atoms with Crippen LogP contribution < -0.4 is 15.0 Å². The number of benzene rings is 2. The molecule has 2 aromatic rings. The summed E-state index contributed by atoms with van der Waals surface area (Å²) in [6.07, 6.45) is 0. The number of carbonyl (C=O) groups is 1. The van der Waals surface area contributed by atoms with Crippen molar-refractivity contribution >= 4 is 34.8 Å². The summed E-state index contributed by atoms with van der Waals surface area (Å²) in [7, 11) is 1.96. The van der Waals surface area contributed by atoms with E-state index >= 15 is 0 Å². The van der Waals surface area contributed by atoms with Gasteiger partial charge in [0.2, 0.25) is 0 Å². The first-order chi connectivity index (χ1) is 11.5. The van der Waals surface area contributed by atoms with Gasteiger partial charge >= 0.3 is 0 Å². The van der Waals surface area contributed by atoms with Crippen LogP contribution in [0.3, 0.4) is 0 Å². The second-order valence-corrected chi connectivity index (χ2v) is 6.44. The van der Waals surface area contributed by atoms with Gasteiger partial charge in [0.05, 0.1) is 17.8 Å². The molecule has 0 heterocycles. The number of nitrogens with one attached hydrogen (secondary N) is 2. The van der Waals surface area contributed by atoms with Crippen LogP contribution in [0.1, 0.15) is 6.92 Å². The van der Waals surface area contributed by atoms with Gasteiger partial charge in [-0.3, -0.25) is 4.79 Å². The first kappa shape index (κ1) is 18.6. The SMILES string of the molecule is C[C@@H](C(=O)Nc1ccc(Cl)cc1Cl)[NH+](C)CCOc1ccccc1. The number of quaternary nitrogens is 1. The molecule has 0 radical (unpaired) electrons. The number of hydrogen-bond acceptors (Lipinski definition) is 2. The zero-order valence-corrected chi connectivity index (χ0v) is 15.2. The molecule has 0 aliphatic carbocycles. The second kappa shape index (κ2) is 8.92. The summed E-state index contributed by atoms with van der Waals surface area (Å²) in [5, 5.41) is 3.79. The number of para-hydroxylation sites is 1. The van der Waals surface area contributed by atoms with E-state index in [-0.39, 0.29) is 11.9 Å². The number of ether oxygens (including phenoxy) is 1. The van der Waals surface area contributed by atoms with E-state index in [0.717, 1.165) is 10.6 Å². The summed E-state index contributed by atoms with van der Waals surface area (Å²) in [5.41, 5.74) is 0.561. The van der Waals surface area contributed by atoms with Crippen LogP contribution in [0.15, 0.2) is 48.5 Å². The average Bonchev–Trinajstić information content (AvgIpc) is 2.57. The van der Waals surface area contributed by atoms with E-state index in [2.05, 4.69) is 5.32 Å². The highest BCUT2D eigenvalue weighted by atomic mass is 35.5. The smallest absolute Gasteiger partial charge is 0.282 e. The molecule has 0 aromatic heterocycles. The van der Waals surface area contributed by atoms with Crippen molar-refractivity contribution in [3.05, 3.63) is 58.6 Å². The number of amides is 1. The molecule has 0 saturated heterocycles. The van der Waals surface area contributed by atoms with E-state index in [1.54, 1.807) is 18.2 Å². The zero-order chi connectivity index (χ0) is 17.5. The van der Waals surface area contributed by atoms with Gasteiger partial charge < -0.3 is 15.0 Å². The Kier molecular flexibility index (Phi) is 6.91. The molecule has 1 amide bonds. The minimum atomic E-state index is -0.240. The summed E-state index contributed by atoms with van der Waals surface area (Å²) >= 11 is 11.9. The van der Waals surface area contributed by atoms with Crippen molar-refractivity contribution < 1.29 is 14.4 Å². The lowest BCUT2D eigenvalue weighted by Gasteiger charge is -2.21. The molecule has 0 aliphatic rings. The van der Waals surface area contributed by atoms with Crippen LogP contribution in [0.2, 0.25) is 10.0 Å². The van der Waals surface area contributed by atoms with E-state index in [1.165, 1.54) is 0 Å². The fourth-order valence-electron chi connectivity index (χ4n) is 2.12. The lowest BCUT2D eigenvalue weighted by Crippen LogP contribution is -3.14. The quantitative estimate of drug-likeness (QED) is 0.789. The van der Waals surface area contributed by atoms with Crippen LogP contribution >= 0.6 is 23.2 Å². The maximum absolute atomic E-state index is 12.4. The summed E-state index contributed by atoms with van der Waals surface area (Å²) in [4.78, 5) is 13.4. The highest BCUT2D eigenvalue weighted by Crippen LogP contribution is 2.25. The first-order valence-electron chi connectivity index (χ1n) is 7.73. The predicted molar refractivity (Wildman–Crippen MR) is 98.2 cm³/mol. The molecule has 0 aliphatic heterocycles. The molecule has 2 atom stereocenters. The van der Waals surface area contributed by atoms with E-state index in [4.69, 9.17) is 27.9 Å². The number of rotatable bonds is 7. The third-order valence-corrected chi connectivity index (χ3v) is 4.38. The van der Waals surface area contributed by atoms with Gasteiger partial charge in [0.15, 0.2) is 6.04 Å². The fourth-order valence-corrected chi connectivity index (χ4v) is 2.57. The molecule has 2 rings (SSSR count). The second-order valence-electron chi connectivity index (χ2n) is 5.59. The normalized spacial score (nSPS) is 13.2. The lowest BCUT2D eigenvalue weighted by atomic mass is 10.2. The van der Waals surface area contributed by atoms with Crippen molar-refractivity contribution in [3.8, 4) is 5.75 Å². The van der Waals surface area contributed by atoms with Crippen LogP contribution in [0.5, 0.6) is 5.75 Å². The molecular weight excluding hydrogens is 347 g/mol. The molecule has 2 aromatic carbocycles. The van der Waals surface area contributed by atoms with Crippen molar-refractivity contribution in [2.24, 2.45) is 0 Å². The van der Waals surface area contributed by atoms with Gasteiger partial charge in [0, 0.05) is 5.02 Å². The van der Waals surface area contributed by atoms with Gasteiger partial charge in [0.1, 0.15) is 18.9 Å². The van der Waals surface area contributed by atoms with Crippen LogP contribution in [0.4, 0.5) is 5.69 Å². The Bertz CT molecular complexity index is 680. The number of halogens is 2. The van der Waals surface area contributed by atoms with Crippen LogP contribution in [-0.2, 0) is 4.79 Å². The van der Waals surface area contributed by atoms with E-state index in [0.29, 0.717) is 28.9 Å². The summed E-state index contributed by atoms with van der Waals surface area (Å²) in [6, 6.07) is 14.4. The Hall–Kier alpha value is -1.75. The fraction of sp³-hybridized carbons (Fsp3) is 0.278. The van der Waals surface area contributed by atoms with Gasteiger partial charge in [0.25, 0.3) is 5.91 Å². The van der Waals surface area contributed by atoms with Gasteiger partial charge in [-0.25, -0.2) is 0 Å². The van der Waals surface area contributed by atoms with E-state index in [1.807, 2.05) is 44.3 Å². The molecule has 0 saturated carbocycles. The molecule has 4 nitrogen and oxygen atoms in total. The molecule has 1 unspecified atom stereocenters. The minimum absolute atomic E-state index is 0.101. The summed E-state index contributed by atoms with van der Waals surface area (Å²) < 4.78 is 5.67. The molecular formula is C18H21Cl2N2O2+. The number of likely N-dealkylation sites (N-methyl/N-ethyl adjacent to an activating group) is 1. The van der Waals surface area contributed by atoms with Gasteiger partial charge in [-0.05, 0) is 37.3 Å². The van der Waals surface area contributed by atoms with Crippen molar-refractivity contribution in [2.45, 2.75) is 13.0 Å². The Morgan fingerprint density at radius 1 is 1.21 bits per heavy atom. The molecule has 24 heavy (non-hydrogen) atoms. The van der Waals surface area contributed by atoms with Crippen molar-refractivity contribution in [1.29, 1.82) is 0 Å². The average molecular weight is 368 g/mol. The minimum Gasteiger partial charge on any atom is -0.488 e. The van der Waals surface area contributed by atoms with E-state index < -0.39 is 0 Å². The Morgan fingerprint density at radius 3 is 2.58 bits per heavy atom. The third kappa shape index (κ3) is 5.41. The monoisotopic (exact) mass is 367 g/mol. The molecule has 128 valence electrons. The highest BCUT2D eigenvalue weighted by Gasteiger charge is 2.22. The van der Waals surface area contributed by atoms with E-state index in [9.17, 15) is 4.79 Å². The van der Waals surface area contributed by atoms with Crippen LogP contribution in [0.25, 0.3) is 0 Å². The summed E-state index contributed by atoms with van der Waals surface area (Å²) in [5.74, 6) is 0.729. The third-order valence-electron chi connectivity index (χ3n) is 3.83. The Balaban J connectivity index is 1.83. The topological polar surface area (TPSA) is 42.8 Å². The van der Waals surface area contributed by atoms with Crippen LogP contribution in [0, 0.1) is 0 Å². The Labute approximate surface area is 152 Å². The maximum atomic E-state index is 12.4. The lowest BCUT2D eigenvalue weighted by molar-refractivity contribution is -0.894. The molecule has 0 bridgehead atoms. The zero-order valence-electron chi connectivity index (χ0n) is 13.7. The maximum Gasteiger partial charge on any atom is 0.282 e. The van der Waals surface area contributed by atoms with Crippen LogP contribution in [-0.4, -0.2) is 32.1 Å². The summed E-state index contributed by atoms with van der Waals surface area (Å²) in [6.45, 7) is 3.12.